The van der Waals surface area contributed by atoms with E-state index in [1.165, 1.54) is 11.3 Å². The Kier molecular flexibility index (Phi) is 5.87. The molecule has 0 aliphatic carbocycles. The summed E-state index contributed by atoms with van der Waals surface area (Å²) in [5.41, 5.74) is 9.46. The minimum atomic E-state index is -1.03. The molecule has 0 spiro atoms. The Morgan fingerprint density at radius 1 is 1.10 bits per heavy atom. The highest BCUT2D eigenvalue weighted by Crippen LogP contribution is 2.21. The summed E-state index contributed by atoms with van der Waals surface area (Å²) in [6.45, 7) is 0. The predicted molar refractivity (Wildman–Crippen MR) is 118 cm³/mol. The minimum Gasteiger partial charge on any atom is -0.480 e. The number of benzene rings is 2. The first-order chi connectivity index (χ1) is 15.0. The van der Waals surface area contributed by atoms with Crippen LogP contribution in [0.1, 0.15) is 15.2 Å². The van der Waals surface area contributed by atoms with Gasteiger partial charge in [0, 0.05) is 11.3 Å². The number of carbonyl (C=O) groups excluding carboxylic acids is 1. The van der Waals surface area contributed by atoms with Crippen LogP contribution in [0.2, 0.25) is 0 Å². The Labute approximate surface area is 182 Å². The molecule has 0 radical (unpaired) electrons. The first-order valence-corrected chi connectivity index (χ1v) is 10.3. The number of aliphatic carboxylic acids is 1. The molecule has 1 amide bonds. The molecule has 0 saturated heterocycles. The van der Waals surface area contributed by atoms with Crippen LogP contribution in [0.25, 0.3) is 16.9 Å². The molecular weight excluding hydrogens is 414 g/mol. The maximum absolute atomic E-state index is 12.1. The van der Waals surface area contributed by atoms with E-state index in [0.717, 1.165) is 16.8 Å². The van der Waals surface area contributed by atoms with Gasteiger partial charge in [-0.15, -0.1) is 16.4 Å². The van der Waals surface area contributed by atoms with Crippen molar-refractivity contribution in [3.05, 3.63) is 82.7 Å². The Balaban J connectivity index is 1.43. The monoisotopic (exact) mass is 433 g/mol. The van der Waals surface area contributed by atoms with Gasteiger partial charge in [0.05, 0.1) is 16.8 Å². The van der Waals surface area contributed by atoms with Crippen molar-refractivity contribution in [1.29, 1.82) is 0 Å². The predicted octanol–water partition coefficient (Wildman–Crippen LogP) is 3.20. The molecule has 2 aromatic heterocycles. The minimum absolute atomic E-state index is 0.138. The summed E-state index contributed by atoms with van der Waals surface area (Å²) in [6.07, 6.45) is 2.06. The van der Waals surface area contributed by atoms with E-state index in [0.29, 0.717) is 16.3 Å². The van der Waals surface area contributed by atoms with E-state index in [-0.39, 0.29) is 12.3 Å². The Morgan fingerprint density at radius 2 is 1.84 bits per heavy atom. The standard InChI is InChI=1S/C22H19N5O3S/c23-18(22(29)30)12-14-3-9-17(10-4-14)27-13-19(25-26-27)15-5-7-16(8-6-15)24-21(28)20-2-1-11-31-20/h1-11,13,18H,12,23H2,(H,24,28)(H,29,30)/t18-/m0/s1. The molecule has 4 N–H and O–H groups in total. The van der Waals surface area contributed by atoms with E-state index >= 15 is 0 Å². The second-order valence-electron chi connectivity index (χ2n) is 6.87. The number of aromatic nitrogens is 3. The van der Waals surface area contributed by atoms with Crippen molar-refractivity contribution in [2.75, 3.05) is 5.32 Å². The van der Waals surface area contributed by atoms with Gasteiger partial charge in [0.1, 0.15) is 11.7 Å². The molecule has 9 heteroatoms. The number of nitrogens with two attached hydrogens (primary N) is 1. The number of carbonyl (C=O) groups is 2. The fourth-order valence-corrected chi connectivity index (χ4v) is 3.59. The van der Waals surface area contributed by atoms with Crippen molar-refractivity contribution in [2.24, 2.45) is 5.73 Å². The van der Waals surface area contributed by atoms with Crippen LogP contribution in [-0.2, 0) is 11.2 Å². The SMILES string of the molecule is N[C@@H](Cc1ccc(-n2cc(-c3ccc(NC(=O)c4cccs4)cc3)nn2)cc1)C(=O)O. The zero-order valence-corrected chi connectivity index (χ0v) is 17.1. The van der Waals surface area contributed by atoms with Crippen molar-refractivity contribution in [2.45, 2.75) is 12.5 Å². The Bertz CT molecular complexity index is 1180. The second-order valence-corrected chi connectivity index (χ2v) is 7.82. The summed E-state index contributed by atoms with van der Waals surface area (Å²) in [6, 6.07) is 17.4. The zero-order valence-electron chi connectivity index (χ0n) is 16.3. The number of carboxylic acid groups (broad SMARTS) is 1. The molecule has 2 aromatic carbocycles. The van der Waals surface area contributed by atoms with Gasteiger partial charge in [-0.1, -0.05) is 35.5 Å². The van der Waals surface area contributed by atoms with Crippen molar-refractivity contribution in [3.63, 3.8) is 0 Å². The molecule has 31 heavy (non-hydrogen) atoms. The van der Waals surface area contributed by atoms with Crippen LogP contribution >= 0.6 is 11.3 Å². The molecule has 4 rings (SSSR count). The third-order valence-electron chi connectivity index (χ3n) is 4.65. The quantitative estimate of drug-likeness (QED) is 0.411. The molecule has 0 unspecified atom stereocenters. The summed E-state index contributed by atoms with van der Waals surface area (Å²) in [4.78, 5) is 23.7. The maximum Gasteiger partial charge on any atom is 0.320 e. The van der Waals surface area contributed by atoms with E-state index in [4.69, 9.17) is 10.8 Å². The first kappa shape index (κ1) is 20.5. The second kappa shape index (κ2) is 8.90. The van der Waals surface area contributed by atoms with Gasteiger partial charge in [-0.25, -0.2) is 4.68 Å². The van der Waals surface area contributed by atoms with Crippen LogP contribution in [0.4, 0.5) is 5.69 Å². The lowest BCUT2D eigenvalue weighted by Crippen LogP contribution is -2.32. The van der Waals surface area contributed by atoms with Gasteiger partial charge in [-0.3, -0.25) is 9.59 Å². The van der Waals surface area contributed by atoms with E-state index in [9.17, 15) is 9.59 Å². The molecule has 0 bridgehead atoms. The number of nitrogens with zero attached hydrogens (tertiary/aromatic N) is 3. The molecule has 8 nitrogen and oxygen atoms in total. The van der Waals surface area contributed by atoms with Crippen LogP contribution in [0.15, 0.2) is 72.2 Å². The van der Waals surface area contributed by atoms with E-state index in [1.54, 1.807) is 16.9 Å². The highest BCUT2D eigenvalue weighted by molar-refractivity contribution is 7.12. The summed E-state index contributed by atoms with van der Waals surface area (Å²) in [7, 11) is 0. The molecule has 0 fully saturated rings. The topological polar surface area (TPSA) is 123 Å². The van der Waals surface area contributed by atoms with Gasteiger partial charge in [0.15, 0.2) is 0 Å². The number of rotatable bonds is 7. The number of hydrogen-bond acceptors (Lipinski definition) is 6. The van der Waals surface area contributed by atoms with Gasteiger partial charge in [-0.05, 0) is 47.7 Å². The fourth-order valence-electron chi connectivity index (χ4n) is 2.97. The Hall–Kier alpha value is -3.82. The summed E-state index contributed by atoms with van der Waals surface area (Å²) < 4.78 is 1.64. The third-order valence-corrected chi connectivity index (χ3v) is 5.52. The number of nitrogens with one attached hydrogen (secondary N) is 1. The largest absolute Gasteiger partial charge is 0.480 e. The van der Waals surface area contributed by atoms with Gasteiger partial charge in [0.2, 0.25) is 0 Å². The molecule has 0 saturated carbocycles. The van der Waals surface area contributed by atoms with Crippen molar-refractivity contribution in [1.82, 2.24) is 15.0 Å². The normalized spacial score (nSPS) is 11.8. The first-order valence-electron chi connectivity index (χ1n) is 9.45. The average molecular weight is 433 g/mol. The van der Waals surface area contributed by atoms with Gasteiger partial charge >= 0.3 is 5.97 Å². The highest BCUT2D eigenvalue weighted by Gasteiger charge is 2.12. The third kappa shape index (κ3) is 4.85. The van der Waals surface area contributed by atoms with Crippen LogP contribution in [-0.4, -0.2) is 38.0 Å². The number of carboxylic acids is 1. The van der Waals surface area contributed by atoms with Gasteiger partial charge < -0.3 is 16.2 Å². The lowest BCUT2D eigenvalue weighted by atomic mass is 10.1. The maximum atomic E-state index is 12.1. The van der Waals surface area contributed by atoms with Gasteiger partial charge in [0.25, 0.3) is 5.91 Å². The lowest BCUT2D eigenvalue weighted by Gasteiger charge is -2.07. The number of thiophene rings is 1. The van der Waals surface area contributed by atoms with Gasteiger partial charge in [-0.2, -0.15) is 0 Å². The smallest absolute Gasteiger partial charge is 0.320 e. The van der Waals surface area contributed by atoms with E-state index in [1.807, 2.05) is 60.0 Å². The molecule has 1 atom stereocenters. The number of hydrogen-bond donors (Lipinski definition) is 3. The Morgan fingerprint density at radius 3 is 2.48 bits per heavy atom. The molecular formula is C22H19N5O3S. The molecule has 2 heterocycles. The van der Waals surface area contributed by atoms with Crippen LogP contribution in [0.5, 0.6) is 0 Å². The fraction of sp³-hybridized carbons (Fsp3) is 0.0909. The zero-order chi connectivity index (χ0) is 21.8. The van der Waals surface area contributed by atoms with Crippen LogP contribution in [0.3, 0.4) is 0 Å². The van der Waals surface area contributed by atoms with Crippen LogP contribution in [0, 0.1) is 0 Å². The number of amides is 1. The van der Waals surface area contributed by atoms with Crippen LogP contribution < -0.4 is 11.1 Å². The number of anilines is 1. The molecule has 4 aromatic rings. The summed E-state index contributed by atoms with van der Waals surface area (Å²) in [5.74, 6) is -1.16. The van der Waals surface area contributed by atoms with Crippen molar-refractivity contribution >= 4 is 28.9 Å². The molecule has 0 aliphatic heterocycles. The van der Waals surface area contributed by atoms with Crippen molar-refractivity contribution in [3.8, 4) is 16.9 Å². The summed E-state index contributed by atoms with van der Waals surface area (Å²) in [5, 5.41) is 22.0. The summed E-state index contributed by atoms with van der Waals surface area (Å²) >= 11 is 1.39. The van der Waals surface area contributed by atoms with Crippen molar-refractivity contribution < 1.29 is 14.7 Å². The lowest BCUT2D eigenvalue weighted by molar-refractivity contribution is -0.138. The van der Waals surface area contributed by atoms with E-state index < -0.39 is 12.0 Å². The average Bonchev–Trinajstić information content (AvgIpc) is 3.47. The van der Waals surface area contributed by atoms with E-state index in [2.05, 4.69) is 15.6 Å². The highest BCUT2D eigenvalue weighted by atomic mass is 32.1. The molecule has 156 valence electrons. The molecule has 0 aliphatic rings.